The number of rotatable bonds is 6. The first-order valence-corrected chi connectivity index (χ1v) is 5.70. The molecule has 0 aliphatic carbocycles. The number of aliphatic hydroxyl groups excluding tert-OH is 1. The van der Waals surface area contributed by atoms with E-state index in [-0.39, 0.29) is 18.6 Å². The summed E-state index contributed by atoms with van der Waals surface area (Å²) in [5, 5.41) is 12.3. The number of nitrogens with zero attached hydrogens (tertiary/aromatic N) is 2. The van der Waals surface area contributed by atoms with Crippen LogP contribution in [0.5, 0.6) is 5.88 Å². The summed E-state index contributed by atoms with van der Waals surface area (Å²) in [6.45, 7) is 6.39. The molecule has 0 spiro atoms. The Balaban J connectivity index is 2.87. The van der Waals surface area contributed by atoms with Crippen molar-refractivity contribution < 1.29 is 9.84 Å². The molecule has 4 N–H and O–H groups in total. The van der Waals surface area contributed by atoms with Gasteiger partial charge in [0, 0.05) is 0 Å². The lowest BCUT2D eigenvalue weighted by molar-refractivity contribution is 0.249. The van der Waals surface area contributed by atoms with Crippen LogP contribution in [0.15, 0.2) is 6.33 Å². The molecular formula is C11H20N4O2. The molecule has 0 saturated heterocycles. The summed E-state index contributed by atoms with van der Waals surface area (Å²) in [6, 6.07) is -0.0957. The van der Waals surface area contributed by atoms with E-state index in [0.717, 1.165) is 0 Å². The summed E-state index contributed by atoms with van der Waals surface area (Å²) in [5.74, 6) is 1.13. The predicted octanol–water partition coefficient (Wildman–Crippen LogP) is 0.886. The van der Waals surface area contributed by atoms with Crippen LogP contribution in [0, 0.1) is 5.92 Å². The highest BCUT2D eigenvalue weighted by Crippen LogP contribution is 2.25. The Labute approximate surface area is 101 Å². The average Bonchev–Trinajstić information content (AvgIpc) is 2.30. The van der Waals surface area contributed by atoms with Crippen LogP contribution in [0.25, 0.3) is 0 Å². The Kier molecular flexibility index (Phi) is 4.96. The monoisotopic (exact) mass is 240 g/mol. The molecule has 0 radical (unpaired) electrons. The van der Waals surface area contributed by atoms with Crippen LogP contribution in [-0.4, -0.2) is 34.3 Å². The zero-order valence-electron chi connectivity index (χ0n) is 10.5. The van der Waals surface area contributed by atoms with Gasteiger partial charge in [0.2, 0.25) is 5.88 Å². The van der Waals surface area contributed by atoms with E-state index in [0.29, 0.717) is 24.0 Å². The lowest BCUT2D eigenvalue weighted by Crippen LogP contribution is -2.30. The molecule has 96 valence electrons. The molecule has 0 aliphatic heterocycles. The summed E-state index contributed by atoms with van der Waals surface area (Å²) < 4.78 is 5.27. The molecule has 1 atom stereocenters. The van der Waals surface area contributed by atoms with Crippen molar-refractivity contribution in [1.29, 1.82) is 0 Å². The number of nitrogen functional groups attached to an aromatic ring is 1. The maximum absolute atomic E-state index is 9.24. The summed E-state index contributed by atoms with van der Waals surface area (Å²) in [5.41, 5.74) is 6.25. The van der Waals surface area contributed by atoms with Crippen molar-refractivity contribution in [3.8, 4) is 5.88 Å². The molecule has 0 fully saturated rings. The van der Waals surface area contributed by atoms with Crippen molar-refractivity contribution in [2.24, 2.45) is 5.92 Å². The van der Waals surface area contributed by atoms with Crippen LogP contribution in [0.1, 0.15) is 20.8 Å². The summed E-state index contributed by atoms with van der Waals surface area (Å²) in [4.78, 5) is 8.00. The number of ether oxygens (including phenoxy) is 1. The van der Waals surface area contributed by atoms with Gasteiger partial charge in [0.05, 0.1) is 19.3 Å². The Morgan fingerprint density at radius 2 is 2.18 bits per heavy atom. The minimum Gasteiger partial charge on any atom is -0.476 e. The molecule has 0 aromatic carbocycles. The molecule has 1 aromatic heterocycles. The van der Waals surface area contributed by atoms with Gasteiger partial charge in [-0.25, -0.2) is 4.98 Å². The lowest BCUT2D eigenvalue weighted by Gasteiger charge is -2.21. The van der Waals surface area contributed by atoms with E-state index in [4.69, 9.17) is 10.5 Å². The number of nitrogens with two attached hydrogens (primary N) is 1. The first-order chi connectivity index (χ1) is 8.10. The molecule has 0 amide bonds. The Hall–Kier alpha value is -1.56. The molecule has 17 heavy (non-hydrogen) atoms. The molecule has 6 nitrogen and oxygen atoms in total. The first-order valence-electron chi connectivity index (χ1n) is 5.70. The van der Waals surface area contributed by atoms with Gasteiger partial charge in [-0.3, -0.25) is 0 Å². The van der Waals surface area contributed by atoms with Crippen LogP contribution >= 0.6 is 0 Å². The van der Waals surface area contributed by atoms with E-state index in [1.807, 2.05) is 20.8 Å². The lowest BCUT2D eigenvalue weighted by atomic mass is 10.1. The fraction of sp³-hybridized carbons (Fsp3) is 0.636. The van der Waals surface area contributed by atoms with Gasteiger partial charge in [-0.15, -0.1) is 0 Å². The standard InChI is InChI=1S/C11H20N4O2/c1-4-17-11-9(12)10(13-6-14-11)15-8(5-16)7(2)3/h6-8,16H,4-5,12H2,1-3H3,(H,13,14,15)/t8-/m1/s1. The fourth-order valence-electron chi connectivity index (χ4n) is 1.34. The summed E-state index contributed by atoms with van der Waals surface area (Å²) >= 11 is 0. The highest BCUT2D eigenvalue weighted by atomic mass is 16.5. The van der Waals surface area contributed by atoms with Gasteiger partial charge in [0.15, 0.2) is 5.82 Å². The van der Waals surface area contributed by atoms with Crippen molar-refractivity contribution in [3.05, 3.63) is 6.33 Å². The quantitative estimate of drug-likeness (QED) is 0.683. The Morgan fingerprint density at radius 3 is 2.71 bits per heavy atom. The van der Waals surface area contributed by atoms with E-state index in [9.17, 15) is 5.11 Å². The second-order valence-corrected chi connectivity index (χ2v) is 4.05. The number of nitrogens with one attached hydrogen (secondary N) is 1. The third kappa shape index (κ3) is 3.45. The van der Waals surface area contributed by atoms with Crippen molar-refractivity contribution in [3.63, 3.8) is 0 Å². The summed E-state index contributed by atoms with van der Waals surface area (Å²) in [7, 11) is 0. The molecule has 0 unspecified atom stereocenters. The molecule has 0 aliphatic rings. The van der Waals surface area contributed by atoms with Gasteiger partial charge >= 0.3 is 0 Å². The minimum atomic E-state index is -0.0957. The molecule has 0 bridgehead atoms. The van der Waals surface area contributed by atoms with Gasteiger partial charge in [-0.2, -0.15) is 4.98 Å². The zero-order chi connectivity index (χ0) is 12.8. The molecule has 1 heterocycles. The number of aliphatic hydroxyl groups is 1. The minimum absolute atomic E-state index is 0.0189. The van der Waals surface area contributed by atoms with Crippen LogP contribution in [0.3, 0.4) is 0 Å². The zero-order valence-corrected chi connectivity index (χ0v) is 10.5. The maximum atomic E-state index is 9.24. The maximum Gasteiger partial charge on any atom is 0.242 e. The molecule has 0 saturated carbocycles. The molecule has 1 aromatic rings. The van der Waals surface area contributed by atoms with Crippen molar-refractivity contribution in [1.82, 2.24) is 9.97 Å². The van der Waals surface area contributed by atoms with Gasteiger partial charge < -0.3 is 20.9 Å². The van der Waals surface area contributed by atoms with Crippen molar-refractivity contribution in [2.75, 3.05) is 24.3 Å². The SMILES string of the molecule is CCOc1ncnc(N[C@H](CO)C(C)C)c1N. The van der Waals surface area contributed by atoms with Crippen LogP contribution < -0.4 is 15.8 Å². The van der Waals surface area contributed by atoms with Gasteiger partial charge in [0.1, 0.15) is 12.0 Å². The van der Waals surface area contributed by atoms with Crippen LogP contribution in [-0.2, 0) is 0 Å². The predicted molar refractivity (Wildman–Crippen MR) is 66.9 cm³/mol. The largest absolute Gasteiger partial charge is 0.476 e. The fourth-order valence-corrected chi connectivity index (χ4v) is 1.34. The number of anilines is 2. The molecule has 6 heteroatoms. The van der Waals surface area contributed by atoms with E-state index < -0.39 is 0 Å². The third-order valence-corrected chi connectivity index (χ3v) is 2.45. The van der Waals surface area contributed by atoms with Gasteiger partial charge in [0.25, 0.3) is 0 Å². The number of hydrogen-bond donors (Lipinski definition) is 3. The molecular weight excluding hydrogens is 220 g/mol. The van der Waals surface area contributed by atoms with Crippen LogP contribution in [0.2, 0.25) is 0 Å². The first kappa shape index (κ1) is 13.5. The smallest absolute Gasteiger partial charge is 0.242 e. The average molecular weight is 240 g/mol. The second kappa shape index (κ2) is 6.24. The Morgan fingerprint density at radius 1 is 1.47 bits per heavy atom. The highest BCUT2D eigenvalue weighted by Gasteiger charge is 2.16. The van der Waals surface area contributed by atoms with E-state index in [1.165, 1.54) is 6.33 Å². The normalized spacial score (nSPS) is 12.5. The van der Waals surface area contributed by atoms with Gasteiger partial charge in [-0.1, -0.05) is 13.8 Å². The third-order valence-electron chi connectivity index (χ3n) is 2.45. The second-order valence-electron chi connectivity index (χ2n) is 4.05. The Bertz CT molecular complexity index is 357. The van der Waals surface area contributed by atoms with Crippen molar-refractivity contribution >= 4 is 11.5 Å². The molecule has 1 rings (SSSR count). The van der Waals surface area contributed by atoms with Crippen LogP contribution in [0.4, 0.5) is 11.5 Å². The number of hydrogen-bond acceptors (Lipinski definition) is 6. The van der Waals surface area contributed by atoms with Gasteiger partial charge in [-0.05, 0) is 12.8 Å². The van der Waals surface area contributed by atoms with E-state index in [2.05, 4.69) is 15.3 Å². The van der Waals surface area contributed by atoms with Crippen molar-refractivity contribution in [2.45, 2.75) is 26.8 Å². The number of aromatic nitrogens is 2. The highest BCUT2D eigenvalue weighted by molar-refractivity contribution is 5.66. The van der Waals surface area contributed by atoms with E-state index >= 15 is 0 Å². The topological polar surface area (TPSA) is 93.3 Å². The van der Waals surface area contributed by atoms with E-state index in [1.54, 1.807) is 0 Å². The summed E-state index contributed by atoms with van der Waals surface area (Å²) in [6.07, 6.45) is 1.39.